The minimum atomic E-state index is -0.884. The van der Waals surface area contributed by atoms with Crippen molar-refractivity contribution in [3.8, 4) is 0 Å². The molecule has 1 aliphatic rings. The van der Waals surface area contributed by atoms with Gasteiger partial charge in [0, 0.05) is 32.2 Å². The van der Waals surface area contributed by atoms with Gasteiger partial charge in [0.1, 0.15) is 0 Å². The van der Waals surface area contributed by atoms with Crippen LogP contribution in [0.1, 0.15) is 27.2 Å². The summed E-state index contributed by atoms with van der Waals surface area (Å²) in [4.78, 5) is 16.4. The number of ether oxygens (including phenoxy) is 1. The standard InChI is InChI=1S/C17H32N6O2/c1-6-15(7-2)9-8-14(3)22-10-12-23(13-11-22)16(24)25-17(4,5)19-21-20-18/h6-7,9,14,19-21H,1-2,8,10-13,18H2,3-5H3. The molecule has 0 aromatic carbocycles. The fraction of sp³-hybridized carbons (Fsp3) is 0.588. The summed E-state index contributed by atoms with van der Waals surface area (Å²) >= 11 is 0. The van der Waals surface area contributed by atoms with Crippen molar-refractivity contribution in [1.29, 1.82) is 0 Å². The summed E-state index contributed by atoms with van der Waals surface area (Å²) in [5.41, 5.74) is 7.66. The van der Waals surface area contributed by atoms with Gasteiger partial charge in [0.05, 0.1) is 0 Å². The third-order valence-corrected chi connectivity index (χ3v) is 4.14. The van der Waals surface area contributed by atoms with Crippen molar-refractivity contribution >= 4 is 6.09 Å². The van der Waals surface area contributed by atoms with Crippen molar-refractivity contribution in [2.75, 3.05) is 26.2 Å². The fourth-order valence-corrected chi connectivity index (χ4v) is 2.55. The van der Waals surface area contributed by atoms with Crippen LogP contribution in [0.2, 0.25) is 0 Å². The number of hydrogen-bond acceptors (Lipinski definition) is 7. The third-order valence-electron chi connectivity index (χ3n) is 4.14. The second kappa shape index (κ2) is 10.3. The largest absolute Gasteiger partial charge is 0.427 e. The molecule has 0 aliphatic carbocycles. The maximum atomic E-state index is 12.3. The Balaban J connectivity index is 2.44. The van der Waals surface area contributed by atoms with E-state index >= 15 is 0 Å². The van der Waals surface area contributed by atoms with Crippen LogP contribution in [0.4, 0.5) is 4.79 Å². The summed E-state index contributed by atoms with van der Waals surface area (Å²) in [7, 11) is 0. The molecule has 0 aromatic rings. The van der Waals surface area contributed by atoms with Crippen molar-refractivity contribution in [2.45, 2.75) is 39.0 Å². The first-order valence-electron chi connectivity index (χ1n) is 8.47. The summed E-state index contributed by atoms with van der Waals surface area (Å²) in [6.45, 7) is 16.1. The molecule has 0 spiro atoms. The van der Waals surface area contributed by atoms with Gasteiger partial charge >= 0.3 is 6.09 Å². The molecule has 1 unspecified atom stereocenters. The zero-order chi connectivity index (χ0) is 18.9. The molecular formula is C17H32N6O2. The van der Waals surface area contributed by atoms with E-state index < -0.39 is 5.72 Å². The van der Waals surface area contributed by atoms with Crippen LogP contribution in [0.3, 0.4) is 0 Å². The Hall–Kier alpha value is -1.71. The van der Waals surface area contributed by atoms with Crippen molar-refractivity contribution in [1.82, 2.24) is 26.3 Å². The molecule has 1 saturated heterocycles. The second-order valence-electron chi connectivity index (χ2n) is 6.49. The third kappa shape index (κ3) is 7.37. The van der Waals surface area contributed by atoms with Gasteiger partial charge in [0.25, 0.3) is 0 Å². The molecule has 25 heavy (non-hydrogen) atoms. The highest BCUT2D eigenvalue weighted by atomic mass is 16.6. The van der Waals surface area contributed by atoms with E-state index in [0.29, 0.717) is 19.1 Å². The van der Waals surface area contributed by atoms with Crippen LogP contribution in [0.25, 0.3) is 0 Å². The molecular weight excluding hydrogens is 320 g/mol. The van der Waals surface area contributed by atoms with E-state index in [0.717, 1.165) is 25.1 Å². The summed E-state index contributed by atoms with van der Waals surface area (Å²) in [5.74, 6) is 5.12. The quantitative estimate of drug-likeness (QED) is 0.213. The van der Waals surface area contributed by atoms with Crippen LogP contribution in [0.5, 0.6) is 0 Å². The van der Waals surface area contributed by atoms with E-state index in [-0.39, 0.29) is 6.09 Å². The number of hydrazine groups is 3. The van der Waals surface area contributed by atoms with E-state index in [1.54, 1.807) is 30.9 Å². The van der Waals surface area contributed by atoms with E-state index in [1.807, 2.05) is 0 Å². The highest BCUT2D eigenvalue weighted by molar-refractivity contribution is 5.68. The number of allylic oxidation sites excluding steroid dienone is 3. The van der Waals surface area contributed by atoms with Gasteiger partial charge in [-0.15, -0.1) is 0 Å². The maximum absolute atomic E-state index is 12.3. The topological polar surface area (TPSA) is 94.9 Å². The molecule has 8 heteroatoms. The molecule has 142 valence electrons. The van der Waals surface area contributed by atoms with E-state index in [1.165, 1.54) is 0 Å². The summed E-state index contributed by atoms with van der Waals surface area (Å²) in [6.07, 6.45) is 6.32. The molecule has 8 nitrogen and oxygen atoms in total. The zero-order valence-electron chi connectivity index (χ0n) is 15.5. The summed E-state index contributed by atoms with van der Waals surface area (Å²) in [6, 6.07) is 0.394. The Morgan fingerprint density at radius 1 is 1.28 bits per heavy atom. The van der Waals surface area contributed by atoms with Crippen molar-refractivity contribution in [2.24, 2.45) is 5.84 Å². The molecule has 1 rings (SSSR count). The molecule has 1 amide bonds. The Morgan fingerprint density at radius 2 is 1.88 bits per heavy atom. The van der Waals surface area contributed by atoms with Crippen LogP contribution in [0.15, 0.2) is 37.0 Å². The van der Waals surface area contributed by atoms with E-state index in [9.17, 15) is 4.79 Å². The van der Waals surface area contributed by atoms with Crippen LogP contribution in [-0.2, 0) is 4.74 Å². The number of nitrogens with zero attached hydrogens (tertiary/aromatic N) is 2. The fourth-order valence-electron chi connectivity index (χ4n) is 2.55. The Kier molecular flexibility index (Phi) is 8.81. The summed E-state index contributed by atoms with van der Waals surface area (Å²) < 4.78 is 5.45. The average Bonchev–Trinajstić information content (AvgIpc) is 2.60. The van der Waals surface area contributed by atoms with Gasteiger partial charge in [0.15, 0.2) is 5.72 Å². The molecule has 1 heterocycles. The molecule has 1 atom stereocenters. The number of carbonyl (C=O) groups is 1. The number of rotatable bonds is 9. The van der Waals surface area contributed by atoms with Crippen LogP contribution in [0, 0.1) is 0 Å². The average molecular weight is 352 g/mol. The smallest absolute Gasteiger partial charge is 0.411 e. The number of piperazine rings is 1. The van der Waals surface area contributed by atoms with Crippen molar-refractivity contribution in [3.63, 3.8) is 0 Å². The zero-order valence-corrected chi connectivity index (χ0v) is 15.5. The Labute approximate surface area is 150 Å². The van der Waals surface area contributed by atoms with E-state index in [2.05, 4.69) is 47.6 Å². The normalized spacial score (nSPS) is 16.9. The number of carbonyl (C=O) groups excluding carboxylic acids is 1. The minimum absolute atomic E-state index is 0.343. The van der Waals surface area contributed by atoms with Gasteiger partial charge in [-0.3, -0.25) is 10.7 Å². The van der Waals surface area contributed by atoms with Gasteiger partial charge in [0.2, 0.25) is 0 Å². The molecule has 0 radical (unpaired) electrons. The molecule has 1 aliphatic heterocycles. The van der Waals surface area contributed by atoms with Gasteiger partial charge < -0.3 is 9.64 Å². The molecule has 0 bridgehead atoms. The maximum Gasteiger partial charge on any atom is 0.411 e. The SMILES string of the molecule is C=CC(C=C)=CCC(C)N1CCN(C(=O)OC(C)(C)NNNN)CC1. The Bertz CT molecular complexity index is 474. The molecule has 0 saturated carbocycles. The number of amides is 1. The monoisotopic (exact) mass is 352 g/mol. The summed E-state index contributed by atoms with van der Waals surface area (Å²) in [5, 5.41) is 0. The first-order valence-corrected chi connectivity index (χ1v) is 8.47. The first kappa shape index (κ1) is 21.3. The lowest BCUT2D eigenvalue weighted by molar-refractivity contribution is -0.0282. The molecule has 5 N–H and O–H groups in total. The van der Waals surface area contributed by atoms with E-state index in [4.69, 9.17) is 10.6 Å². The number of nitrogens with one attached hydrogen (secondary N) is 3. The van der Waals surface area contributed by atoms with Crippen molar-refractivity contribution in [3.05, 3.63) is 37.0 Å². The van der Waals surface area contributed by atoms with Crippen LogP contribution < -0.4 is 22.3 Å². The lowest BCUT2D eigenvalue weighted by Gasteiger charge is -2.38. The number of hydrogen-bond donors (Lipinski definition) is 4. The first-order chi connectivity index (χ1) is 11.8. The van der Waals surface area contributed by atoms with Gasteiger partial charge in [-0.2, -0.15) is 11.1 Å². The molecule has 1 fully saturated rings. The molecule has 0 aromatic heterocycles. The van der Waals surface area contributed by atoms with Gasteiger partial charge in [-0.25, -0.2) is 10.2 Å². The minimum Gasteiger partial charge on any atom is -0.427 e. The van der Waals surface area contributed by atoms with Crippen LogP contribution in [-0.4, -0.2) is 53.8 Å². The van der Waals surface area contributed by atoms with Crippen molar-refractivity contribution < 1.29 is 9.53 Å². The highest BCUT2D eigenvalue weighted by Crippen LogP contribution is 2.14. The second-order valence-corrected chi connectivity index (χ2v) is 6.49. The van der Waals surface area contributed by atoms with Gasteiger partial charge in [-0.1, -0.05) is 31.4 Å². The number of nitrogens with two attached hydrogens (primary N) is 1. The predicted molar refractivity (Wildman–Crippen MR) is 99.9 cm³/mol. The lowest BCUT2D eigenvalue weighted by Crippen LogP contribution is -2.59. The van der Waals surface area contributed by atoms with Gasteiger partial charge in [-0.05, 0) is 32.8 Å². The predicted octanol–water partition coefficient (Wildman–Crippen LogP) is 1.03. The highest BCUT2D eigenvalue weighted by Gasteiger charge is 2.29. The van der Waals surface area contributed by atoms with Crippen LogP contribution >= 0.6 is 0 Å². The Morgan fingerprint density at radius 3 is 2.40 bits per heavy atom. The lowest BCUT2D eigenvalue weighted by atomic mass is 10.1.